The van der Waals surface area contributed by atoms with Crippen molar-refractivity contribution in [3.05, 3.63) is 35.9 Å². The third-order valence-electron chi connectivity index (χ3n) is 3.93. The van der Waals surface area contributed by atoms with Crippen molar-refractivity contribution in [2.24, 2.45) is 0 Å². The molecule has 6 nitrogen and oxygen atoms in total. The number of amides is 2. The Morgan fingerprint density at radius 1 is 1.21 bits per heavy atom. The Morgan fingerprint density at radius 2 is 1.96 bits per heavy atom. The Labute approximate surface area is 142 Å². The van der Waals surface area contributed by atoms with Gasteiger partial charge >= 0.3 is 12.0 Å². The molecule has 1 unspecified atom stereocenters. The molecule has 130 valence electrons. The predicted molar refractivity (Wildman–Crippen MR) is 92.1 cm³/mol. The van der Waals surface area contributed by atoms with E-state index in [-0.39, 0.29) is 18.7 Å². The van der Waals surface area contributed by atoms with Crippen LogP contribution in [0.2, 0.25) is 0 Å². The van der Waals surface area contributed by atoms with E-state index in [0.717, 1.165) is 12.8 Å². The first-order valence-corrected chi connectivity index (χ1v) is 8.14. The number of hydrogen-bond acceptors (Lipinski definition) is 4. The Kier molecular flexibility index (Phi) is 6.66. The van der Waals surface area contributed by atoms with Gasteiger partial charge in [-0.3, -0.25) is 0 Å². The van der Waals surface area contributed by atoms with Crippen LogP contribution in [-0.2, 0) is 9.53 Å². The molecule has 0 aromatic heterocycles. The van der Waals surface area contributed by atoms with Crippen LogP contribution in [0.1, 0.15) is 32.6 Å². The van der Waals surface area contributed by atoms with Crippen molar-refractivity contribution in [3.63, 3.8) is 0 Å². The lowest BCUT2D eigenvalue weighted by atomic mass is 9.95. The first-order valence-electron chi connectivity index (χ1n) is 8.14. The number of methoxy groups -OCH3 is 1. The molecule has 0 saturated carbocycles. The van der Waals surface area contributed by atoms with Crippen molar-refractivity contribution in [1.29, 1.82) is 0 Å². The number of allylic oxidation sites excluding steroid dienone is 1. The van der Waals surface area contributed by atoms with Gasteiger partial charge in [0.05, 0.1) is 7.11 Å². The zero-order chi connectivity index (χ0) is 17.4. The maximum Gasteiger partial charge on any atom is 0.343 e. The first-order chi connectivity index (χ1) is 11.6. The minimum absolute atomic E-state index is 0.0352. The van der Waals surface area contributed by atoms with Crippen LogP contribution >= 0.6 is 0 Å². The van der Waals surface area contributed by atoms with E-state index in [4.69, 9.17) is 4.74 Å². The number of ether oxygens (including phenoxy) is 2. The van der Waals surface area contributed by atoms with Gasteiger partial charge in [-0.1, -0.05) is 11.6 Å². The Hall–Kier alpha value is -2.50. The molecule has 0 radical (unpaired) electrons. The molecule has 24 heavy (non-hydrogen) atoms. The molecule has 2 amide bonds. The number of hydrogen-bond donors (Lipinski definition) is 2. The lowest BCUT2D eigenvalue weighted by Crippen LogP contribution is -2.37. The van der Waals surface area contributed by atoms with Gasteiger partial charge in [0, 0.05) is 11.7 Å². The van der Waals surface area contributed by atoms with E-state index < -0.39 is 5.97 Å². The highest BCUT2D eigenvalue weighted by molar-refractivity contribution is 5.89. The second kappa shape index (κ2) is 8.96. The van der Waals surface area contributed by atoms with Gasteiger partial charge in [0.1, 0.15) is 5.75 Å². The predicted octanol–water partition coefficient (Wildman–Crippen LogP) is 3.25. The number of benzene rings is 1. The minimum atomic E-state index is -0.442. The average molecular weight is 332 g/mol. The van der Waals surface area contributed by atoms with E-state index in [1.54, 1.807) is 24.3 Å². The van der Waals surface area contributed by atoms with Gasteiger partial charge < -0.3 is 20.1 Å². The quantitative estimate of drug-likeness (QED) is 0.619. The smallest absolute Gasteiger partial charge is 0.343 e. The number of nitrogens with one attached hydrogen (secondary N) is 2. The molecule has 0 saturated heterocycles. The fourth-order valence-electron chi connectivity index (χ4n) is 2.55. The topological polar surface area (TPSA) is 76.7 Å². The highest BCUT2D eigenvalue weighted by Crippen LogP contribution is 2.20. The van der Waals surface area contributed by atoms with Crippen LogP contribution in [0.4, 0.5) is 10.5 Å². The van der Waals surface area contributed by atoms with Crippen LogP contribution in [0.5, 0.6) is 5.75 Å². The largest absolute Gasteiger partial charge is 0.482 e. The standard InChI is InChI=1S/C18H24N2O4/c1-13(14-6-4-3-5-7-14)19-18(22)20-15-8-10-16(11-9-15)24-12-17(21)23-2/h6,8-11,13H,3-5,7,12H2,1-2H3,(H2,19,20,22). The zero-order valence-electron chi connectivity index (χ0n) is 14.1. The molecule has 0 heterocycles. The number of rotatable bonds is 6. The number of anilines is 1. The summed E-state index contributed by atoms with van der Waals surface area (Å²) in [4.78, 5) is 23.1. The van der Waals surface area contributed by atoms with Gasteiger partial charge in [-0.25, -0.2) is 9.59 Å². The van der Waals surface area contributed by atoms with E-state index in [9.17, 15) is 9.59 Å². The van der Waals surface area contributed by atoms with Gasteiger partial charge in [0.15, 0.2) is 6.61 Å². The summed E-state index contributed by atoms with van der Waals surface area (Å²) in [5.41, 5.74) is 1.95. The Bertz CT molecular complexity index is 596. The van der Waals surface area contributed by atoms with Crippen LogP contribution in [0, 0.1) is 0 Å². The van der Waals surface area contributed by atoms with E-state index in [1.807, 2.05) is 6.92 Å². The lowest BCUT2D eigenvalue weighted by Gasteiger charge is -2.21. The van der Waals surface area contributed by atoms with Gasteiger partial charge in [-0.15, -0.1) is 0 Å². The number of carbonyl (C=O) groups is 2. The van der Waals surface area contributed by atoms with Crippen LogP contribution in [0.25, 0.3) is 0 Å². The molecular formula is C18H24N2O4. The molecular weight excluding hydrogens is 308 g/mol. The molecule has 1 aliphatic carbocycles. The van der Waals surface area contributed by atoms with E-state index in [1.165, 1.54) is 25.5 Å². The second-order valence-electron chi connectivity index (χ2n) is 5.73. The van der Waals surface area contributed by atoms with Crippen LogP contribution in [0.3, 0.4) is 0 Å². The molecule has 0 bridgehead atoms. The summed E-state index contributed by atoms with van der Waals surface area (Å²) in [6, 6.07) is 6.61. The molecule has 1 atom stereocenters. The summed E-state index contributed by atoms with van der Waals surface area (Å²) in [5, 5.41) is 5.74. The van der Waals surface area contributed by atoms with Crippen LogP contribution in [-0.4, -0.2) is 31.8 Å². The van der Waals surface area contributed by atoms with Crippen LogP contribution in [0.15, 0.2) is 35.9 Å². The van der Waals surface area contributed by atoms with Crippen LogP contribution < -0.4 is 15.4 Å². The molecule has 2 N–H and O–H groups in total. The molecule has 1 aliphatic rings. The summed E-state index contributed by atoms with van der Waals surface area (Å²) in [6.45, 7) is 1.86. The second-order valence-corrected chi connectivity index (χ2v) is 5.73. The average Bonchev–Trinajstić information content (AvgIpc) is 2.61. The molecule has 1 aromatic carbocycles. The lowest BCUT2D eigenvalue weighted by molar-refractivity contribution is -0.142. The molecule has 6 heteroatoms. The van der Waals surface area contributed by atoms with E-state index in [2.05, 4.69) is 21.4 Å². The fraction of sp³-hybridized carbons (Fsp3) is 0.444. The van der Waals surface area contributed by atoms with Crippen molar-refractivity contribution in [3.8, 4) is 5.75 Å². The molecule has 0 spiro atoms. The van der Waals surface area contributed by atoms with Gasteiger partial charge in [-0.05, 0) is 56.9 Å². The molecule has 2 rings (SSSR count). The molecule has 0 aliphatic heterocycles. The van der Waals surface area contributed by atoms with E-state index in [0.29, 0.717) is 11.4 Å². The van der Waals surface area contributed by atoms with Gasteiger partial charge in [-0.2, -0.15) is 0 Å². The SMILES string of the molecule is COC(=O)COc1ccc(NC(=O)NC(C)C2=CCCCC2)cc1. The number of urea groups is 1. The van der Waals surface area contributed by atoms with Gasteiger partial charge in [0.2, 0.25) is 0 Å². The first kappa shape index (κ1) is 17.8. The molecule has 0 fully saturated rings. The van der Waals surface area contributed by atoms with Crippen molar-refractivity contribution in [2.45, 2.75) is 38.6 Å². The third kappa shape index (κ3) is 5.61. The fourth-order valence-corrected chi connectivity index (χ4v) is 2.55. The zero-order valence-corrected chi connectivity index (χ0v) is 14.1. The number of esters is 1. The maximum atomic E-state index is 12.1. The normalized spacial score (nSPS) is 15.0. The summed E-state index contributed by atoms with van der Waals surface area (Å²) in [7, 11) is 1.31. The summed E-state index contributed by atoms with van der Waals surface area (Å²) < 4.78 is 9.75. The Balaban J connectivity index is 1.81. The molecule has 1 aromatic rings. The highest BCUT2D eigenvalue weighted by Gasteiger charge is 2.14. The summed E-state index contributed by atoms with van der Waals surface area (Å²) >= 11 is 0. The maximum absolute atomic E-state index is 12.1. The third-order valence-corrected chi connectivity index (χ3v) is 3.93. The van der Waals surface area contributed by atoms with Crippen molar-refractivity contribution >= 4 is 17.7 Å². The van der Waals surface area contributed by atoms with Crippen molar-refractivity contribution in [2.75, 3.05) is 19.0 Å². The van der Waals surface area contributed by atoms with Crippen molar-refractivity contribution < 1.29 is 19.1 Å². The Morgan fingerprint density at radius 3 is 2.58 bits per heavy atom. The summed E-state index contributed by atoms with van der Waals surface area (Å²) in [6.07, 6.45) is 6.78. The number of carbonyl (C=O) groups excluding carboxylic acids is 2. The summed E-state index contributed by atoms with van der Waals surface area (Å²) in [5.74, 6) is 0.0923. The van der Waals surface area contributed by atoms with Gasteiger partial charge in [0.25, 0.3) is 0 Å². The van der Waals surface area contributed by atoms with Crippen molar-refractivity contribution in [1.82, 2.24) is 5.32 Å². The highest BCUT2D eigenvalue weighted by atomic mass is 16.6. The minimum Gasteiger partial charge on any atom is -0.482 e. The monoisotopic (exact) mass is 332 g/mol. The van der Waals surface area contributed by atoms with E-state index >= 15 is 0 Å².